The molecule has 3 rings (SSSR count). The van der Waals surface area contributed by atoms with Crippen molar-refractivity contribution in [2.75, 3.05) is 33.3 Å². The van der Waals surface area contributed by atoms with Crippen LogP contribution in [0.25, 0.3) is 0 Å². The summed E-state index contributed by atoms with van der Waals surface area (Å²) in [5.74, 6) is -0.332. The first-order chi connectivity index (χ1) is 9.71. The van der Waals surface area contributed by atoms with Crippen LogP contribution in [0.15, 0.2) is 18.3 Å². The Labute approximate surface area is 119 Å². The van der Waals surface area contributed by atoms with E-state index in [1.165, 1.54) is 20.0 Å². The number of rotatable bonds is 3. The molecule has 1 spiro atoms. The van der Waals surface area contributed by atoms with Crippen LogP contribution in [-0.2, 0) is 11.3 Å². The van der Waals surface area contributed by atoms with E-state index in [2.05, 4.69) is 19.9 Å². The molecule has 2 fully saturated rings. The summed E-state index contributed by atoms with van der Waals surface area (Å²) in [4.78, 5) is 18.2. The molecule has 2 aliphatic heterocycles. The molecule has 1 N–H and O–H groups in total. The van der Waals surface area contributed by atoms with Gasteiger partial charge in [-0.15, -0.1) is 0 Å². The molecule has 0 bridgehead atoms. The normalized spacial score (nSPS) is 26.2. The quantitative estimate of drug-likeness (QED) is 0.836. The zero-order chi connectivity index (χ0) is 14.0. The number of nitrogens with zero attached hydrogens (tertiary/aromatic N) is 2. The van der Waals surface area contributed by atoms with E-state index in [-0.39, 0.29) is 5.97 Å². The predicted octanol–water partition coefficient (Wildman–Crippen LogP) is 1.05. The Morgan fingerprint density at radius 2 is 2.40 bits per heavy atom. The molecule has 0 amide bonds. The summed E-state index contributed by atoms with van der Waals surface area (Å²) in [6, 6.07) is 3.71. The number of carbonyl (C=O) groups excluding carboxylic acids is 1. The van der Waals surface area contributed by atoms with Crippen LogP contribution in [0.2, 0.25) is 0 Å². The highest BCUT2D eigenvalue weighted by atomic mass is 16.5. The number of likely N-dealkylation sites (tertiary alicyclic amines) is 1. The van der Waals surface area contributed by atoms with Crippen molar-refractivity contribution in [2.24, 2.45) is 5.41 Å². The maximum Gasteiger partial charge on any atom is 0.339 e. The first-order valence-electron chi connectivity index (χ1n) is 7.17. The fourth-order valence-corrected chi connectivity index (χ4v) is 3.29. The summed E-state index contributed by atoms with van der Waals surface area (Å²) in [7, 11) is 1.38. The van der Waals surface area contributed by atoms with Gasteiger partial charge in [-0.3, -0.25) is 9.88 Å². The molecular weight excluding hydrogens is 254 g/mol. The molecule has 5 nitrogen and oxygen atoms in total. The number of esters is 1. The minimum absolute atomic E-state index is 0.332. The summed E-state index contributed by atoms with van der Waals surface area (Å²) in [6.07, 6.45) is 4.17. The highest BCUT2D eigenvalue weighted by molar-refractivity contribution is 5.88. The van der Waals surface area contributed by atoms with Gasteiger partial charge in [0.2, 0.25) is 0 Å². The van der Waals surface area contributed by atoms with Crippen molar-refractivity contribution in [3.05, 3.63) is 29.6 Å². The molecule has 2 aliphatic rings. The topological polar surface area (TPSA) is 54.5 Å². The van der Waals surface area contributed by atoms with Gasteiger partial charge in [0, 0.05) is 25.8 Å². The van der Waals surface area contributed by atoms with Gasteiger partial charge in [-0.25, -0.2) is 4.79 Å². The van der Waals surface area contributed by atoms with E-state index in [4.69, 9.17) is 0 Å². The number of nitrogens with one attached hydrogen (secondary N) is 1. The first-order valence-corrected chi connectivity index (χ1v) is 7.17. The average Bonchev–Trinajstić information content (AvgIpc) is 3.09. The van der Waals surface area contributed by atoms with Gasteiger partial charge in [-0.1, -0.05) is 0 Å². The van der Waals surface area contributed by atoms with Crippen LogP contribution in [0.3, 0.4) is 0 Å². The van der Waals surface area contributed by atoms with Gasteiger partial charge in [0.25, 0.3) is 0 Å². The number of hydrogen-bond donors (Lipinski definition) is 1. The number of pyridine rings is 1. The third kappa shape index (κ3) is 2.69. The molecule has 0 saturated carbocycles. The fourth-order valence-electron chi connectivity index (χ4n) is 3.29. The van der Waals surface area contributed by atoms with Gasteiger partial charge in [-0.05, 0) is 43.5 Å². The Morgan fingerprint density at radius 3 is 3.05 bits per heavy atom. The van der Waals surface area contributed by atoms with E-state index in [0.717, 1.165) is 38.4 Å². The fraction of sp³-hybridized carbons (Fsp3) is 0.600. The summed E-state index contributed by atoms with van der Waals surface area (Å²) >= 11 is 0. The van der Waals surface area contributed by atoms with E-state index in [1.807, 2.05) is 6.07 Å². The SMILES string of the molecule is COC(=O)c1ccc(CN2CCC3(CCNC3)C2)nc1. The largest absolute Gasteiger partial charge is 0.465 e. The van der Waals surface area contributed by atoms with E-state index in [0.29, 0.717) is 11.0 Å². The summed E-state index contributed by atoms with van der Waals surface area (Å²) in [5.41, 5.74) is 2.01. The van der Waals surface area contributed by atoms with Gasteiger partial charge in [0.05, 0.1) is 18.4 Å². The Morgan fingerprint density at radius 1 is 1.50 bits per heavy atom. The second-order valence-electron chi connectivity index (χ2n) is 5.92. The molecule has 0 aliphatic carbocycles. The minimum atomic E-state index is -0.332. The standard InChI is InChI=1S/C15H21N3O2/c1-20-14(19)12-2-3-13(17-8-12)9-18-7-5-15(11-18)4-6-16-10-15/h2-3,8,16H,4-7,9-11H2,1H3. The lowest BCUT2D eigenvalue weighted by molar-refractivity contribution is 0.0600. The van der Waals surface area contributed by atoms with E-state index >= 15 is 0 Å². The van der Waals surface area contributed by atoms with Crippen LogP contribution >= 0.6 is 0 Å². The number of aromatic nitrogens is 1. The van der Waals surface area contributed by atoms with Crippen LogP contribution in [0.5, 0.6) is 0 Å². The molecule has 1 unspecified atom stereocenters. The van der Waals surface area contributed by atoms with Gasteiger partial charge in [0.15, 0.2) is 0 Å². The van der Waals surface area contributed by atoms with Crippen molar-refractivity contribution < 1.29 is 9.53 Å². The molecule has 2 saturated heterocycles. The van der Waals surface area contributed by atoms with Gasteiger partial charge < -0.3 is 10.1 Å². The summed E-state index contributed by atoms with van der Waals surface area (Å²) in [5, 5.41) is 3.47. The molecule has 1 aromatic heterocycles. The zero-order valence-electron chi connectivity index (χ0n) is 11.9. The summed E-state index contributed by atoms with van der Waals surface area (Å²) in [6.45, 7) is 5.46. The van der Waals surface area contributed by atoms with E-state index in [9.17, 15) is 4.79 Å². The van der Waals surface area contributed by atoms with Crippen molar-refractivity contribution in [1.82, 2.24) is 15.2 Å². The monoisotopic (exact) mass is 275 g/mol. The van der Waals surface area contributed by atoms with Crippen molar-refractivity contribution >= 4 is 5.97 Å². The lowest BCUT2D eigenvalue weighted by atomic mass is 9.87. The molecule has 5 heteroatoms. The van der Waals surface area contributed by atoms with Crippen LogP contribution in [0.4, 0.5) is 0 Å². The Hall–Kier alpha value is -1.46. The Bertz CT molecular complexity index is 480. The maximum absolute atomic E-state index is 11.4. The molecular formula is C15H21N3O2. The molecule has 1 aromatic rings. The molecule has 0 aromatic carbocycles. The predicted molar refractivity (Wildman–Crippen MR) is 75.4 cm³/mol. The number of methoxy groups -OCH3 is 1. The van der Waals surface area contributed by atoms with Crippen molar-refractivity contribution in [3.63, 3.8) is 0 Å². The molecule has 1 atom stereocenters. The Balaban J connectivity index is 1.60. The van der Waals surface area contributed by atoms with E-state index < -0.39 is 0 Å². The average molecular weight is 275 g/mol. The minimum Gasteiger partial charge on any atom is -0.465 e. The highest BCUT2D eigenvalue weighted by Crippen LogP contribution is 2.36. The number of ether oxygens (including phenoxy) is 1. The molecule has 20 heavy (non-hydrogen) atoms. The van der Waals surface area contributed by atoms with Crippen LogP contribution in [0.1, 0.15) is 28.9 Å². The van der Waals surface area contributed by atoms with Crippen LogP contribution in [0, 0.1) is 5.41 Å². The number of hydrogen-bond acceptors (Lipinski definition) is 5. The van der Waals surface area contributed by atoms with Gasteiger partial charge in [-0.2, -0.15) is 0 Å². The first kappa shape index (κ1) is 13.5. The summed E-state index contributed by atoms with van der Waals surface area (Å²) < 4.78 is 4.68. The second kappa shape index (κ2) is 5.50. The van der Waals surface area contributed by atoms with Crippen LogP contribution in [-0.4, -0.2) is 49.1 Å². The molecule has 108 valence electrons. The lowest BCUT2D eigenvalue weighted by Gasteiger charge is -2.22. The van der Waals surface area contributed by atoms with Crippen molar-refractivity contribution in [2.45, 2.75) is 19.4 Å². The Kier molecular flexibility index (Phi) is 3.72. The molecule has 3 heterocycles. The molecule has 0 radical (unpaired) electrons. The van der Waals surface area contributed by atoms with Gasteiger partial charge >= 0.3 is 5.97 Å². The second-order valence-corrected chi connectivity index (χ2v) is 5.92. The van der Waals surface area contributed by atoms with Crippen molar-refractivity contribution in [3.8, 4) is 0 Å². The maximum atomic E-state index is 11.4. The number of carbonyl (C=O) groups is 1. The van der Waals surface area contributed by atoms with E-state index in [1.54, 1.807) is 12.3 Å². The van der Waals surface area contributed by atoms with Crippen molar-refractivity contribution in [1.29, 1.82) is 0 Å². The van der Waals surface area contributed by atoms with Gasteiger partial charge in [0.1, 0.15) is 0 Å². The third-order valence-corrected chi connectivity index (χ3v) is 4.48. The zero-order valence-corrected chi connectivity index (χ0v) is 11.9. The lowest BCUT2D eigenvalue weighted by Crippen LogP contribution is -2.29. The smallest absolute Gasteiger partial charge is 0.339 e. The van der Waals surface area contributed by atoms with Crippen LogP contribution < -0.4 is 5.32 Å². The highest BCUT2D eigenvalue weighted by Gasteiger charge is 2.40. The third-order valence-electron chi connectivity index (χ3n) is 4.48.